The molecule has 0 bridgehead atoms. The van der Waals surface area contributed by atoms with Gasteiger partial charge in [-0.25, -0.2) is 4.31 Å². The molecule has 1 aliphatic heterocycles. The van der Waals surface area contributed by atoms with E-state index < -0.39 is 10.2 Å². The van der Waals surface area contributed by atoms with Gasteiger partial charge in [0.1, 0.15) is 12.4 Å². The number of anilines is 2. The Morgan fingerprint density at radius 3 is 2.38 bits per heavy atom. The lowest BCUT2D eigenvalue weighted by Gasteiger charge is -2.30. The summed E-state index contributed by atoms with van der Waals surface area (Å²) in [6, 6.07) is 14.6. The van der Waals surface area contributed by atoms with Crippen molar-refractivity contribution in [3.8, 4) is 5.75 Å². The van der Waals surface area contributed by atoms with Crippen molar-refractivity contribution < 1.29 is 13.2 Å². The average molecular weight is 346 g/mol. The number of para-hydroxylation sites is 2. The van der Waals surface area contributed by atoms with Crippen LogP contribution < -0.4 is 13.8 Å². The molecule has 2 aromatic carbocycles. The highest BCUT2D eigenvalue weighted by Crippen LogP contribution is 2.33. The maximum Gasteiger partial charge on any atom is 0.324 e. The van der Waals surface area contributed by atoms with Crippen molar-refractivity contribution in [2.24, 2.45) is 0 Å². The summed E-state index contributed by atoms with van der Waals surface area (Å²) in [4.78, 5) is 0. The van der Waals surface area contributed by atoms with Gasteiger partial charge in [-0.05, 0) is 35.2 Å². The number of hydrogen-bond acceptors (Lipinski definition) is 3. The van der Waals surface area contributed by atoms with Crippen molar-refractivity contribution in [2.45, 2.75) is 26.2 Å². The molecule has 0 amide bonds. The first-order chi connectivity index (χ1) is 11.3. The van der Waals surface area contributed by atoms with E-state index in [0.717, 1.165) is 5.56 Å². The van der Waals surface area contributed by atoms with Gasteiger partial charge in [0.25, 0.3) is 0 Å². The average Bonchev–Trinajstić information content (AvgIpc) is 2.53. The first-order valence-corrected chi connectivity index (χ1v) is 9.34. The summed E-state index contributed by atoms with van der Waals surface area (Å²) in [5.74, 6) is 0.581. The Balaban J connectivity index is 1.85. The quantitative estimate of drug-likeness (QED) is 0.925. The fourth-order valence-corrected chi connectivity index (χ4v) is 3.90. The zero-order valence-electron chi connectivity index (χ0n) is 14.1. The molecular formula is C18H22N2O3S. The lowest BCUT2D eigenvalue weighted by atomic mass is 9.87. The van der Waals surface area contributed by atoms with Crippen LogP contribution >= 0.6 is 0 Å². The second kappa shape index (κ2) is 6.02. The van der Waals surface area contributed by atoms with Gasteiger partial charge in [-0.15, -0.1) is 0 Å². The molecule has 0 fully saturated rings. The van der Waals surface area contributed by atoms with Crippen LogP contribution in [0.5, 0.6) is 5.75 Å². The van der Waals surface area contributed by atoms with Crippen LogP contribution in [-0.4, -0.2) is 21.6 Å². The molecule has 24 heavy (non-hydrogen) atoms. The number of ether oxygens (including phenoxy) is 1. The van der Waals surface area contributed by atoms with E-state index in [1.807, 2.05) is 18.2 Å². The Bertz CT molecular complexity index is 824. The Hall–Kier alpha value is -2.21. The van der Waals surface area contributed by atoms with Gasteiger partial charge in [-0.2, -0.15) is 8.42 Å². The second-order valence-electron chi connectivity index (χ2n) is 6.82. The van der Waals surface area contributed by atoms with E-state index in [4.69, 9.17) is 4.74 Å². The third-order valence-electron chi connectivity index (χ3n) is 3.97. The molecule has 0 aromatic heterocycles. The first kappa shape index (κ1) is 16.6. The summed E-state index contributed by atoms with van der Waals surface area (Å²) in [6.45, 7) is 6.98. The topological polar surface area (TPSA) is 58.6 Å². The zero-order valence-corrected chi connectivity index (χ0v) is 14.9. The smallest absolute Gasteiger partial charge is 0.324 e. The Morgan fingerprint density at radius 1 is 1.04 bits per heavy atom. The molecule has 0 atom stereocenters. The van der Waals surface area contributed by atoms with E-state index in [0.29, 0.717) is 23.7 Å². The number of fused-ring (bicyclic) bond motifs is 1. The highest BCUT2D eigenvalue weighted by molar-refractivity contribution is 7.94. The van der Waals surface area contributed by atoms with E-state index in [2.05, 4.69) is 25.5 Å². The molecule has 0 spiro atoms. The van der Waals surface area contributed by atoms with Gasteiger partial charge < -0.3 is 4.74 Å². The highest BCUT2D eigenvalue weighted by Gasteiger charge is 2.28. The second-order valence-corrected chi connectivity index (χ2v) is 8.42. The summed E-state index contributed by atoms with van der Waals surface area (Å²) >= 11 is 0. The molecule has 5 nitrogen and oxygen atoms in total. The SMILES string of the molecule is CC(C)(C)c1ccc(NS(=O)(=O)N2CCOc3ccccc32)cc1. The molecule has 1 N–H and O–H groups in total. The monoisotopic (exact) mass is 346 g/mol. The van der Waals surface area contributed by atoms with Crippen LogP contribution in [0.15, 0.2) is 48.5 Å². The number of benzene rings is 2. The molecule has 0 unspecified atom stereocenters. The molecule has 2 aromatic rings. The van der Waals surface area contributed by atoms with Gasteiger partial charge in [0.2, 0.25) is 0 Å². The maximum absolute atomic E-state index is 12.8. The summed E-state index contributed by atoms with van der Waals surface area (Å²) < 4.78 is 35.0. The van der Waals surface area contributed by atoms with Crippen LogP contribution in [0, 0.1) is 0 Å². The predicted molar refractivity (Wildman–Crippen MR) is 97.0 cm³/mol. The molecule has 6 heteroatoms. The summed E-state index contributed by atoms with van der Waals surface area (Å²) in [5, 5.41) is 0. The third kappa shape index (κ3) is 3.33. The zero-order chi connectivity index (χ0) is 17.4. The van der Waals surface area contributed by atoms with Crippen LogP contribution in [0.4, 0.5) is 11.4 Å². The van der Waals surface area contributed by atoms with Crippen LogP contribution in [0.1, 0.15) is 26.3 Å². The number of nitrogens with one attached hydrogen (secondary N) is 1. The van der Waals surface area contributed by atoms with Crippen LogP contribution in [0.2, 0.25) is 0 Å². The normalized spacial score (nSPS) is 14.7. The molecule has 0 radical (unpaired) electrons. The third-order valence-corrected chi connectivity index (χ3v) is 5.43. The molecule has 128 valence electrons. The maximum atomic E-state index is 12.8. The van der Waals surface area contributed by atoms with Crippen LogP contribution in [0.3, 0.4) is 0 Å². The molecule has 3 rings (SSSR count). The van der Waals surface area contributed by atoms with Gasteiger partial charge in [0.05, 0.1) is 17.9 Å². The van der Waals surface area contributed by atoms with E-state index in [-0.39, 0.29) is 12.0 Å². The largest absolute Gasteiger partial charge is 0.489 e. The molecule has 1 heterocycles. The van der Waals surface area contributed by atoms with Crippen LogP contribution in [-0.2, 0) is 15.6 Å². The summed E-state index contributed by atoms with van der Waals surface area (Å²) in [5.41, 5.74) is 2.29. The van der Waals surface area contributed by atoms with Crippen LogP contribution in [0.25, 0.3) is 0 Å². The summed E-state index contributed by atoms with van der Waals surface area (Å²) in [6.07, 6.45) is 0. The Kier molecular flexibility index (Phi) is 4.17. The van der Waals surface area contributed by atoms with Gasteiger partial charge >= 0.3 is 10.2 Å². The lowest BCUT2D eigenvalue weighted by molar-refractivity contribution is 0.316. The Morgan fingerprint density at radius 2 is 1.71 bits per heavy atom. The Labute approximate surface area is 143 Å². The van der Waals surface area contributed by atoms with E-state index in [9.17, 15) is 8.42 Å². The minimum atomic E-state index is -3.69. The molecule has 0 saturated carbocycles. The summed E-state index contributed by atoms with van der Waals surface area (Å²) in [7, 11) is -3.69. The van der Waals surface area contributed by atoms with E-state index in [1.54, 1.807) is 30.3 Å². The van der Waals surface area contributed by atoms with Gasteiger partial charge in [0, 0.05) is 0 Å². The molecule has 0 saturated heterocycles. The van der Waals surface area contributed by atoms with Crippen molar-refractivity contribution in [2.75, 3.05) is 22.2 Å². The van der Waals surface area contributed by atoms with Gasteiger partial charge in [-0.3, -0.25) is 4.72 Å². The van der Waals surface area contributed by atoms with Gasteiger partial charge in [0.15, 0.2) is 0 Å². The highest BCUT2D eigenvalue weighted by atomic mass is 32.2. The molecule has 0 aliphatic carbocycles. The van der Waals surface area contributed by atoms with E-state index >= 15 is 0 Å². The minimum Gasteiger partial charge on any atom is -0.489 e. The predicted octanol–water partition coefficient (Wildman–Crippen LogP) is 3.54. The van der Waals surface area contributed by atoms with E-state index in [1.165, 1.54) is 4.31 Å². The minimum absolute atomic E-state index is 0.0283. The van der Waals surface area contributed by atoms with Crippen molar-refractivity contribution in [1.29, 1.82) is 0 Å². The first-order valence-electron chi connectivity index (χ1n) is 7.90. The fraction of sp³-hybridized carbons (Fsp3) is 0.333. The van der Waals surface area contributed by atoms with Gasteiger partial charge in [-0.1, -0.05) is 45.0 Å². The standard InChI is InChI=1S/C18H22N2O3S/c1-18(2,3)14-8-10-15(11-9-14)19-24(21,22)20-12-13-23-17-7-5-4-6-16(17)20/h4-11,19H,12-13H2,1-3H3. The van der Waals surface area contributed by atoms with Crippen molar-refractivity contribution in [1.82, 2.24) is 0 Å². The number of rotatable bonds is 3. The lowest BCUT2D eigenvalue weighted by Crippen LogP contribution is -2.41. The van der Waals surface area contributed by atoms with Crippen molar-refractivity contribution in [3.63, 3.8) is 0 Å². The fourth-order valence-electron chi connectivity index (χ4n) is 2.64. The van der Waals surface area contributed by atoms with Crippen molar-refractivity contribution in [3.05, 3.63) is 54.1 Å². The molecular weight excluding hydrogens is 324 g/mol. The van der Waals surface area contributed by atoms with Crippen molar-refractivity contribution >= 4 is 21.6 Å². The molecule has 1 aliphatic rings. The number of hydrogen-bond donors (Lipinski definition) is 1. The number of nitrogens with zero attached hydrogens (tertiary/aromatic N) is 1.